The molecule has 0 aliphatic rings. The zero-order valence-electron chi connectivity index (χ0n) is 26.4. The van der Waals surface area contributed by atoms with Gasteiger partial charge in [-0.15, -0.1) is 16.8 Å². The predicted octanol–water partition coefficient (Wildman–Crippen LogP) is 8.13. The number of pyridine rings is 1. The van der Waals surface area contributed by atoms with Crippen LogP contribution < -0.4 is 10.5 Å². The van der Waals surface area contributed by atoms with Crippen molar-refractivity contribution in [2.45, 2.75) is 89.8 Å². The molecular formula is C31H34F6N4O6. The van der Waals surface area contributed by atoms with Crippen LogP contribution in [0.25, 0.3) is 11.6 Å². The van der Waals surface area contributed by atoms with E-state index in [0.29, 0.717) is 5.56 Å². The third-order valence-electron chi connectivity index (χ3n) is 6.49. The number of carbonyl (C=O) groups is 2. The number of benzene rings is 1. The Morgan fingerprint density at radius 2 is 1.49 bits per heavy atom. The van der Waals surface area contributed by atoms with E-state index in [4.69, 9.17) is 13.9 Å². The van der Waals surface area contributed by atoms with E-state index in [1.807, 2.05) is 4.98 Å². The van der Waals surface area contributed by atoms with Crippen LogP contribution in [0.3, 0.4) is 0 Å². The van der Waals surface area contributed by atoms with Crippen molar-refractivity contribution in [3.05, 3.63) is 76.4 Å². The molecule has 10 nitrogen and oxygen atoms in total. The minimum Gasteiger partial charge on any atom is -0.443 e. The fraction of sp³-hybridized carbons (Fsp3) is 0.452. The van der Waals surface area contributed by atoms with Gasteiger partial charge in [-0.25, -0.2) is 9.59 Å². The summed E-state index contributed by atoms with van der Waals surface area (Å²) in [5.74, 6) is -1.93. The Kier molecular flexibility index (Phi) is 10.4. The highest BCUT2D eigenvalue weighted by Gasteiger charge is 2.58. The highest BCUT2D eigenvalue weighted by Crippen LogP contribution is 2.48. The summed E-state index contributed by atoms with van der Waals surface area (Å²) in [7, 11) is 0. The number of carbonyl (C=O) groups excluding carboxylic acids is 2. The second-order valence-electron chi connectivity index (χ2n) is 12.5. The molecule has 0 fully saturated rings. The van der Waals surface area contributed by atoms with E-state index in [1.165, 1.54) is 41.5 Å². The van der Waals surface area contributed by atoms with Gasteiger partial charge < -0.3 is 18.9 Å². The molecule has 256 valence electrons. The second-order valence-corrected chi connectivity index (χ2v) is 12.5. The van der Waals surface area contributed by atoms with E-state index in [9.17, 15) is 40.7 Å². The van der Waals surface area contributed by atoms with Crippen LogP contribution in [-0.4, -0.2) is 44.7 Å². The number of rotatable bonds is 8. The molecule has 0 unspecified atom stereocenters. The number of nitrogens with one attached hydrogen (secondary N) is 1. The zero-order chi connectivity index (χ0) is 35.6. The number of H-pyrrole nitrogens is 1. The molecule has 2 amide bonds. The second kappa shape index (κ2) is 13.2. The van der Waals surface area contributed by atoms with Crippen molar-refractivity contribution in [2.24, 2.45) is 0 Å². The summed E-state index contributed by atoms with van der Waals surface area (Å²) in [6.45, 7) is 11.9. The highest BCUT2D eigenvalue weighted by molar-refractivity contribution is 6.11. The molecule has 0 saturated carbocycles. The average molecular weight is 673 g/mol. The van der Waals surface area contributed by atoms with E-state index >= 15 is 0 Å². The molecule has 0 saturated heterocycles. The van der Waals surface area contributed by atoms with Crippen molar-refractivity contribution in [3.8, 4) is 11.6 Å². The largest absolute Gasteiger partial charge is 0.443 e. The fourth-order valence-electron chi connectivity index (χ4n) is 4.40. The maximum Gasteiger partial charge on any atom is 0.424 e. The molecule has 0 aliphatic carbocycles. The maximum absolute atomic E-state index is 14.9. The third-order valence-corrected chi connectivity index (χ3v) is 6.49. The van der Waals surface area contributed by atoms with Gasteiger partial charge in [-0.05, 0) is 72.4 Å². The Morgan fingerprint density at radius 3 is 1.96 bits per heavy atom. The molecule has 0 radical (unpaired) electrons. The number of nitrogens with zero attached hydrogens (tertiary/aromatic N) is 3. The molecule has 0 aliphatic heterocycles. The Balaban J connectivity index is 2.31. The van der Waals surface area contributed by atoms with Gasteiger partial charge in [0.05, 0.1) is 5.69 Å². The first-order valence-electron chi connectivity index (χ1n) is 14.2. The Bertz CT molecular complexity index is 1620. The van der Waals surface area contributed by atoms with Crippen molar-refractivity contribution in [3.63, 3.8) is 0 Å². The molecule has 1 atom stereocenters. The average Bonchev–Trinajstić information content (AvgIpc) is 3.39. The van der Waals surface area contributed by atoms with Gasteiger partial charge in [-0.1, -0.05) is 36.4 Å². The number of halogens is 6. The fourth-order valence-corrected chi connectivity index (χ4v) is 4.40. The smallest absolute Gasteiger partial charge is 0.424 e. The quantitative estimate of drug-likeness (QED) is 0.188. The number of hydrogen-bond donors (Lipinski definition) is 1. The van der Waals surface area contributed by atoms with E-state index < -0.39 is 88.3 Å². The van der Waals surface area contributed by atoms with Crippen LogP contribution in [0.2, 0.25) is 0 Å². The lowest BCUT2D eigenvalue weighted by Crippen LogP contribution is -2.44. The molecule has 0 bridgehead atoms. The van der Waals surface area contributed by atoms with Crippen LogP contribution in [0.5, 0.6) is 0 Å². The van der Waals surface area contributed by atoms with E-state index in [1.54, 1.807) is 30.3 Å². The normalized spacial score (nSPS) is 13.9. The number of alkyl halides is 6. The zero-order valence-corrected chi connectivity index (χ0v) is 26.4. The summed E-state index contributed by atoms with van der Waals surface area (Å²) in [4.78, 5) is 41.2. The third kappa shape index (κ3) is 8.80. The summed E-state index contributed by atoms with van der Waals surface area (Å²) in [6, 6.07) is 8.36. The molecule has 1 N–H and O–H groups in total. The minimum absolute atomic E-state index is 0.0526. The number of imide groups is 1. The number of hydrogen-bond acceptors (Lipinski definition) is 8. The predicted molar refractivity (Wildman–Crippen MR) is 158 cm³/mol. The van der Waals surface area contributed by atoms with E-state index in [0.717, 1.165) is 6.08 Å². The number of aromatic amines is 1. The summed E-state index contributed by atoms with van der Waals surface area (Å²) in [5, 5.41) is 7.21. The molecule has 1 aromatic carbocycles. The molecule has 3 rings (SSSR count). The first-order valence-corrected chi connectivity index (χ1v) is 14.2. The van der Waals surface area contributed by atoms with Crippen LogP contribution >= 0.6 is 0 Å². The lowest BCUT2D eigenvalue weighted by Gasteiger charge is -2.31. The van der Waals surface area contributed by atoms with Crippen LogP contribution in [0.15, 0.2) is 58.3 Å². The number of anilines is 1. The van der Waals surface area contributed by atoms with E-state index in [-0.39, 0.29) is 17.4 Å². The number of aromatic nitrogens is 3. The van der Waals surface area contributed by atoms with Crippen molar-refractivity contribution >= 4 is 17.9 Å². The molecular weight excluding hydrogens is 638 g/mol. The summed E-state index contributed by atoms with van der Waals surface area (Å²) in [6.07, 6.45) is -13.8. The molecule has 2 heterocycles. The Hall–Kier alpha value is -4.63. The van der Waals surface area contributed by atoms with Gasteiger partial charge in [0.25, 0.3) is 11.4 Å². The van der Waals surface area contributed by atoms with Crippen LogP contribution in [0.4, 0.5) is 41.6 Å². The van der Waals surface area contributed by atoms with Crippen molar-refractivity contribution < 1.29 is 49.8 Å². The van der Waals surface area contributed by atoms with Crippen LogP contribution in [-0.2, 0) is 27.5 Å². The van der Waals surface area contributed by atoms with Crippen LogP contribution in [0.1, 0.15) is 71.4 Å². The SMILES string of the molecule is C=CC[C@@](CCc1ccccc1)(c1nnc(-c2[nH]c(=O)c(C(F)(F)F)cc2N(C(=O)OC(C)(C)C)C(=O)OC(C)(C)C)o1)C(F)(F)F. The van der Waals surface area contributed by atoms with Crippen molar-refractivity contribution in [1.82, 2.24) is 15.2 Å². The molecule has 16 heteroatoms. The standard InChI is InChI=1S/C31H34F6N4O6/c1-8-15-29(31(35,36)37,16-14-18-12-10-9-11-13-18)24-40-39-23(45-24)21-20(17-19(22(42)38-21)30(32,33)34)41(25(43)46-27(2,3)4)26(44)47-28(5,6)7/h8-13,17H,1,14-16H2,2-7H3,(H,38,42)/t29-/m1/s1. The Morgan fingerprint density at radius 1 is 0.936 bits per heavy atom. The van der Waals surface area contributed by atoms with Gasteiger partial charge in [-0.3, -0.25) is 4.79 Å². The number of aryl methyl sites for hydroxylation is 1. The highest BCUT2D eigenvalue weighted by atomic mass is 19.4. The number of ether oxygens (including phenoxy) is 2. The van der Waals surface area contributed by atoms with Gasteiger partial charge in [0.1, 0.15) is 27.9 Å². The monoisotopic (exact) mass is 672 g/mol. The van der Waals surface area contributed by atoms with Gasteiger partial charge in [0, 0.05) is 0 Å². The molecule has 0 spiro atoms. The lowest BCUT2D eigenvalue weighted by atomic mass is 9.78. The van der Waals surface area contributed by atoms with Crippen molar-refractivity contribution in [2.75, 3.05) is 4.90 Å². The molecule has 2 aromatic heterocycles. The van der Waals surface area contributed by atoms with E-state index in [2.05, 4.69) is 16.8 Å². The first-order chi connectivity index (χ1) is 21.5. The van der Waals surface area contributed by atoms with Crippen LogP contribution in [0, 0.1) is 0 Å². The molecule has 3 aromatic rings. The van der Waals surface area contributed by atoms with Crippen molar-refractivity contribution in [1.29, 1.82) is 0 Å². The minimum atomic E-state index is -5.30. The Labute approximate surface area is 265 Å². The molecule has 47 heavy (non-hydrogen) atoms. The lowest BCUT2D eigenvalue weighted by molar-refractivity contribution is -0.198. The van der Waals surface area contributed by atoms with Gasteiger partial charge >= 0.3 is 24.5 Å². The first kappa shape index (κ1) is 36.8. The van der Waals surface area contributed by atoms with Gasteiger partial charge in [0.2, 0.25) is 5.89 Å². The summed E-state index contributed by atoms with van der Waals surface area (Å²) >= 11 is 0. The number of amides is 2. The maximum atomic E-state index is 14.9. The van der Waals surface area contributed by atoms with Gasteiger partial charge in [0.15, 0.2) is 0 Å². The number of allylic oxidation sites excluding steroid dienone is 1. The topological polar surface area (TPSA) is 128 Å². The summed E-state index contributed by atoms with van der Waals surface area (Å²) < 4.78 is 102. The van der Waals surface area contributed by atoms with Gasteiger partial charge in [-0.2, -0.15) is 31.2 Å². The summed E-state index contributed by atoms with van der Waals surface area (Å²) in [5.41, 5.74) is -10.4.